The van der Waals surface area contributed by atoms with Crippen molar-refractivity contribution in [2.24, 2.45) is 0 Å². The van der Waals surface area contributed by atoms with Crippen molar-refractivity contribution in [3.8, 4) is 5.75 Å². The standard InChI is InChI=1S/C20H25N3O6S/c1-5-14-9-7-8-10-16(14)21-20(24)17(6-2)22(30(4,27)28)18-13-15(23(25)26)11-12-19(18)29-3/h7-13,17H,5-6H2,1-4H3,(H,21,24)/t17-/m0/s1. The number of anilines is 2. The van der Waals surface area contributed by atoms with Crippen LogP contribution >= 0.6 is 0 Å². The summed E-state index contributed by atoms with van der Waals surface area (Å²) < 4.78 is 31.5. The van der Waals surface area contributed by atoms with E-state index in [0.29, 0.717) is 12.1 Å². The molecule has 2 rings (SSSR count). The highest BCUT2D eigenvalue weighted by Gasteiger charge is 2.34. The molecular formula is C20H25N3O6S. The van der Waals surface area contributed by atoms with Crippen molar-refractivity contribution < 1.29 is 22.9 Å². The van der Waals surface area contributed by atoms with Gasteiger partial charge in [0.1, 0.15) is 17.5 Å². The smallest absolute Gasteiger partial charge is 0.271 e. The van der Waals surface area contributed by atoms with Gasteiger partial charge in [-0.25, -0.2) is 8.42 Å². The minimum atomic E-state index is -3.99. The molecule has 10 heteroatoms. The molecule has 0 heterocycles. The number of amides is 1. The van der Waals surface area contributed by atoms with Gasteiger partial charge in [0.05, 0.1) is 18.3 Å². The largest absolute Gasteiger partial charge is 0.495 e. The Morgan fingerprint density at radius 3 is 2.43 bits per heavy atom. The summed E-state index contributed by atoms with van der Waals surface area (Å²) in [6.07, 6.45) is 1.77. The fourth-order valence-corrected chi connectivity index (χ4v) is 4.37. The molecule has 2 aromatic rings. The Bertz CT molecular complexity index is 1040. The first-order valence-electron chi connectivity index (χ1n) is 9.34. The van der Waals surface area contributed by atoms with Crippen LogP contribution in [0.25, 0.3) is 0 Å². The number of nitrogens with zero attached hydrogens (tertiary/aromatic N) is 2. The van der Waals surface area contributed by atoms with Gasteiger partial charge < -0.3 is 10.1 Å². The lowest BCUT2D eigenvalue weighted by Gasteiger charge is -2.31. The van der Waals surface area contributed by atoms with Gasteiger partial charge in [0, 0.05) is 17.8 Å². The Labute approximate surface area is 175 Å². The molecule has 1 amide bonds. The van der Waals surface area contributed by atoms with Crippen molar-refractivity contribution in [1.29, 1.82) is 0 Å². The molecule has 1 N–H and O–H groups in total. The lowest BCUT2D eigenvalue weighted by atomic mass is 10.1. The molecule has 0 aromatic heterocycles. The van der Waals surface area contributed by atoms with Crippen LogP contribution in [0, 0.1) is 10.1 Å². The molecule has 0 saturated carbocycles. The quantitative estimate of drug-likeness (QED) is 0.477. The van der Waals surface area contributed by atoms with Gasteiger partial charge in [-0.15, -0.1) is 0 Å². The van der Waals surface area contributed by atoms with E-state index in [1.807, 2.05) is 19.1 Å². The summed E-state index contributed by atoms with van der Waals surface area (Å²) in [6, 6.07) is 9.70. The normalized spacial score (nSPS) is 12.1. The summed E-state index contributed by atoms with van der Waals surface area (Å²) in [5, 5.41) is 14.0. The molecule has 2 aromatic carbocycles. The van der Waals surface area contributed by atoms with E-state index in [2.05, 4.69) is 5.32 Å². The Hall–Kier alpha value is -3.14. The predicted molar refractivity (Wildman–Crippen MR) is 115 cm³/mol. The second-order valence-corrected chi connectivity index (χ2v) is 8.46. The molecule has 0 aliphatic heterocycles. The Kier molecular flexibility index (Phi) is 7.38. The lowest BCUT2D eigenvalue weighted by Crippen LogP contribution is -2.47. The van der Waals surface area contributed by atoms with Crippen molar-refractivity contribution >= 4 is 33.0 Å². The maximum atomic E-state index is 13.1. The van der Waals surface area contributed by atoms with Crippen LogP contribution in [0.5, 0.6) is 5.75 Å². The van der Waals surface area contributed by atoms with Gasteiger partial charge >= 0.3 is 0 Å². The molecule has 1 atom stereocenters. The third kappa shape index (κ3) is 5.07. The van der Waals surface area contributed by atoms with E-state index in [1.165, 1.54) is 19.2 Å². The molecule has 0 radical (unpaired) electrons. The summed E-state index contributed by atoms with van der Waals surface area (Å²) in [5.41, 5.74) is 1.11. The number of carbonyl (C=O) groups excluding carboxylic acids is 1. The molecule has 0 fully saturated rings. The summed E-state index contributed by atoms with van der Waals surface area (Å²) in [7, 11) is -2.66. The van der Waals surface area contributed by atoms with E-state index in [4.69, 9.17) is 4.74 Å². The van der Waals surface area contributed by atoms with Crippen molar-refractivity contribution in [2.45, 2.75) is 32.7 Å². The molecule has 30 heavy (non-hydrogen) atoms. The van der Waals surface area contributed by atoms with Crippen LogP contribution in [0.4, 0.5) is 17.1 Å². The summed E-state index contributed by atoms with van der Waals surface area (Å²) in [4.78, 5) is 23.7. The number of hydrogen-bond acceptors (Lipinski definition) is 6. The molecular weight excluding hydrogens is 410 g/mol. The average Bonchev–Trinajstić information content (AvgIpc) is 2.70. The SMILES string of the molecule is CCc1ccccc1NC(=O)[C@H](CC)N(c1cc([N+](=O)[O-])ccc1OC)S(C)(=O)=O. The van der Waals surface area contributed by atoms with E-state index >= 15 is 0 Å². The number of nitro groups is 1. The van der Waals surface area contributed by atoms with Crippen molar-refractivity contribution in [1.82, 2.24) is 0 Å². The molecule has 0 aliphatic rings. The third-order valence-electron chi connectivity index (χ3n) is 4.60. The first-order chi connectivity index (χ1) is 14.1. The second kappa shape index (κ2) is 9.57. The lowest BCUT2D eigenvalue weighted by molar-refractivity contribution is -0.384. The van der Waals surface area contributed by atoms with E-state index < -0.39 is 26.9 Å². The second-order valence-electron chi connectivity index (χ2n) is 6.60. The van der Waals surface area contributed by atoms with E-state index in [-0.39, 0.29) is 23.5 Å². The number of sulfonamides is 1. The minimum Gasteiger partial charge on any atom is -0.495 e. The number of nitro benzene ring substituents is 1. The van der Waals surface area contributed by atoms with Crippen LogP contribution in [-0.4, -0.2) is 38.7 Å². The number of rotatable bonds is 9. The van der Waals surface area contributed by atoms with Gasteiger partial charge in [-0.1, -0.05) is 32.0 Å². The molecule has 9 nitrogen and oxygen atoms in total. The number of methoxy groups -OCH3 is 1. The van der Waals surface area contributed by atoms with E-state index in [0.717, 1.165) is 22.2 Å². The summed E-state index contributed by atoms with van der Waals surface area (Å²) in [6.45, 7) is 3.61. The first kappa shape index (κ1) is 23.1. The van der Waals surface area contributed by atoms with Gasteiger partial charge in [-0.2, -0.15) is 0 Å². The number of hydrogen-bond donors (Lipinski definition) is 1. The van der Waals surface area contributed by atoms with Gasteiger partial charge in [-0.05, 0) is 30.5 Å². The number of ether oxygens (including phenoxy) is 1. The van der Waals surface area contributed by atoms with Crippen LogP contribution in [0.2, 0.25) is 0 Å². The number of nitrogens with one attached hydrogen (secondary N) is 1. The molecule has 162 valence electrons. The van der Waals surface area contributed by atoms with Crippen LogP contribution in [0.1, 0.15) is 25.8 Å². The first-order valence-corrected chi connectivity index (χ1v) is 11.2. The van der Waals surface area contributed by atoms with E-state index in [1.54, 1.807) is 19.1 Å². The monoisotopic (exact) mass is 435 g/mol. The fourth-order valence-electron chi connectivity index (χ4n) is 3.17. The minimum absolute atomic E-state index is 0.0695. The van der Waals surface area contributed by atoms with Gasteiger partial charge in [0.2, 0.25) is 15.9 Å². The van der Waals surface area contributed by atoms with Gasteiger partial charge in [-0.3, -0.25) is 19.2 Å². The molecule has 0 bridgehead atoms. The zero-order valence-electron chi connectivity index (χ0n) is 17.3. The van der Waals surface area contributed by atoms with Crippen LogP contribution in [0.15, 0.2) is 42.5 Å². The van der Waals surface area contributed by atoms with Gasteiger partial charge in [0.15, 0.2) is 0 Å². The maximum Gasteiger partial charge on any atom is 0.271 e. The Morgan fingerprint density at radius 1 is 1.23 bits per heavy atom. The number of para-hydroxylation sites is 1. The summed E-state index contributed by atoms with van der Waals surface area (Å²) in [5.74, 6) is -0.441. The number of carbonyl (C=O) groups is 1. The zero-order valence-corrected chi connectivity index (χ0v) is 18.1. The third-order valence-corrected chi connectivity index (χ3v) is 5.76. The van der Waals surface area contributed by atoms with Crippen LogP contribution in [-0.2, 0) is 21.2 Å². The molecule has 0 aliphatic carbocycles. The zero-order chi connectivity index (χ0) is 22.5. The number of benzene rings is 2. The van der Waals surface area contributed by atoms with Crippen molar-refractivity contribution in [2.75, 3.05) is 23.0 Å². The average molecular weight is 436 g/mol. The highest BCUT2D eigenvalue weighted by atomic mass is 32.2. The number of aryl methyl sites for hydroxylation is 1. The summed E-state index contributed by atoms with van der Waals surface area (Å²) >= 11 is 0. The van der Waals surface area contributed by atoms with Gasteiger partial charge in [0.25, 0.3) is 5.69 Å². The predicted octanol–water partition coefficient (Wildman–Crippen LogP) is 3.35. The van der Waals surface area contributed by atoms with Crippen LogP contribution in [0.3, 0.4) is 0 Å². The van der Waals surface area contributed by atoms with Crippen LogP contribution < -0.4 is 14.4 Å². The molecule has 0 saturated heterocycles. The van der Waals surface area contributed by atoms with Crippen molar-refractivity contribution in [3.05, 3.63) is 58.1 Å². The topological polar surface area (TPSA) is 119 Å². The highest BCUT2D eigenvalue weighted by molar-refractivity contribution is 7.92. The highest BCUT2D eigenvalue weighted by Crippen LogP contribution is 2.36. The molecule has 0 spiro atoms. The fraction of sp³-hybridized carbons (Fsp3) is 0.350. The number of non-ortho nitro benzene ring substituents is 1. The molecule has 0 unspecified atom stereocenters. The Morgan fingerprint density at radius 2 is 1.90 bits per heavy atom. The Balaban J connectivity index is 2.56. The maximum absolute atomic E-state index is 13.1. The van der Waals surface area contributed by atoms with E-state index in [9.17, 15) is 23.3 Å². The van der Waals surface area contributed by atoms with Crippen molar-refractivity contribution in [3.63, 3.8) is 0 Å².